The van der Waals surface area contributed by atoms with Gasteiger partial charge in [-0.15, -0.1) is 6.42 Å². The van der Waals surface area contributed by atoms with Gasteiger partial charge in [0.1, 0.15) is 5.82 Å². The fourth-order valence-corrected chi connectivity index (χ4v) is 4.62. The van der Waals surface area contributed by atoms with Crippen LogP contribution in [0.25, 0.3) is 0 Å². The van der Waals surface area contributed by atoms with E-state index < -0.39 is 16.4 Å². The standard InChI is InChI=1S/C15H17FN4S/c1-2-15(12-7-3-4-8-13(12)16)11-21-18-9-5-6-10-20(21)14(17)19-15/h1,3-4,7-8H,5-6,9-11H2,(H2,17,19)/t15-,21+/m0/s1. The molecule has 2 N–H and O–H groups in total. The molecule has 2 aliphatic heterocycles. The normalized spacial score (nSPS) is 28.7. The van der Waals surface area contributed by atoms with Crippen LogP contribution in [0.4, 0.5) is 4.39 Å². The number of nitrogens with zero attached hydrogens (tertiary/aromatic N) is 3. The van der Waals surface area contributed by atoms with E-state index in [0.717, 1.165) is 25.9 Å². The average molecular weight is 304 g/mol. The molecular formula is C15H17FN4S. The lowest BCUT2D eigenvalue weighted by molar-refractivity contribution is 0.528. The van der Waals surface area contributed by atoms with Crippen LogP contribution in [-0.2, 0) is 16.4 Å². The molecule has 0 unspecified atom stereocenters. The van der Waals surface area contributed by atoms with Gasteiger partial charge < -0.3 is 5.73 Å². The van der Waals surface area contributed by atoms with Gasteiger partial charge in [-0.25, -0.2) is 13.7 Å². The minimum Gasteiger partial charge on any atom is -0.369 e. The molecule has 0 bridgehead atoms. The van der Waals surface area contributed by atoms with E-state index in [4.69, 9.17) is 12.2 Å². The number of rotatable bonds is 1. The van der Waals surface area contributed by atoms with Crippen molar-refractivity contribution < 1.29 is 4.39 Å². The maximum atomic E-state index is 14.2. The van der Waals surface area contributed by atoms with Crippen molar-refractivity contribution in [1.29, 1.82) is 0 Å². The molecule has 0 saturated carbocycles. The molecule has 21 heavy (non-hydrogen) atoms. The second-order valence-corrected chi connectivity index (χ2v) is 6.77. The minimum atomic E-state index is -1.05. The Morgan fingerprint density at radius 2 is 2.19 bits per heavy atom. The predicted molar refractivity (Wildman–Crippen MR) is 84.0 cm³/mol. The van der Waals surface area contributed by atoms with Gasteiger partial charge in [-0.2, -0.15) is 0 Å². The van der Waals surface area contributed by atoms with E-state index >= 15 is 0 Å². The van der Waals surface area contributed by atoms with Gasteiger partial charge in [-0.1, -0.05) is 24.1 Å². The second-order valence-electron chi connectivity index (χ2n) is 5.10. The predicted octanol–water partition coefficient (Wildman–Crippen LogP) is 1.80. The van der Waals surface area contributed by atoms with Crippen LogP contribution in [0.1, 0.15) is 18.4 Å². The highest BCUT2D eigenvalue weighted by atomic mass is 32.2. The minimum absolute atomic E-state index is 0.348. The Kier molecular flexibility index (Phi) is 3.68. The maximum absolute atomic E-state index is 14.2. The lowest BCUT2D eigenvalue weighted by Gasteiger charge is -2.37. The van der Waals surface area contributed by atoms with Crippen molar-refractivity contribution in [2.45, 2.75) is 18.4 Å². The van der Waals surface area contributed by atoms with Crippen molar-refractivity contribution in [1.82, 2.24) is 4.31 Å². The molecule has 0 radical (unpaired) electrons. The Balaban J connectivity index is 2.12. The molecule has 0 aliphatic carbocycles. The number of aliphatic imine (C=N–C) groups is 1. The monoisotopic (exact) mass is 304 g/mol. The fraction of sp³-hybridized carbons (Fsp3) is 0.400. The summed E-state index contributed by atoms with van der Waals surface area (Å²) in [6.45, 7) is 1.63. The zero-order chi connectivity index (χ0) is 14.9. The molecule has 2 aliphatic rings. The molecular weight excluding hydrogens is 287 g/mol. The summed E-state index contributed by atoms with van der Waals surface area (Å²) in [6, 6.07) is 6.50. The maximum Gasteiger partial charge on any atom is 0.204 e. The highest BCUT2D eigenvalue weighted by Crippen LogP contribution is 2.33. The summed E-state index contributed by atoms with van der Waals surface area (Å²) in [5, 5.41) is 0. The number of guanidine groups is 1. The van der Waals surface area contributed by atoms with Crippen LogP contribution in [0.2, 0.25) is 0 Å². The second kappa shape index (κ2) is 5.49. The molecule has 0 amide bonds. The van der Waals surface area contributed by atoms with Crippen molar-refractivity contribution in [3.8, 4) is 12.3 Å². The van der Waals surface area contributed by atoms with Gasteiger partial charge in [0.15, 0.2) is 5.54 Å². The van der Waals surface area contributed by atoms with Gasteiger partial charge in [0.05, 0.1) is 5.75 Å². The molecule has 3 rings (SSSR count). The summed E-state index contributed by atoms with van der Waals surface area (Å²) < 4.78 is 20.9. The third kappa shape index (κ3) is 2.42. The van der Waals surface area contributed by atoms with Crippen molar-refractivity contribution in [2.75, 3.05) is 18.8 Å². The average Bonchev–Trinajstić information content (AvgIpc) is 2.73. The highest BCUT2D eigenvalue weighted by molar-refractivity contribution is 7.85. The van der Waals surface area contributed by atoms with Crippen molar-refractivity contribution in [2.24, 2.45) is 15.1 Å². The van der Waals surface area contributed by atoms with Crippen LogP contribution in [0.15, 0.2) is 33.6 Å². The van der Waals surface area contributed by atoms with Crippen LogP contribution in [0.3, 0.4) is 0 Å². The molecule has 1 aromatic rings. The van der Waals surface area contributed by atoms with Gasteiger partial charge >= 0.3 is 0 Å². The molecule has 0 saturated heterocycles. The van der Waals surface area contributed by atoms with E-state index in [1.54, 1.807) is 18.2 Å². The third-order valence-corrected chi connectivity index (χ3v) is 5.76. The van der Waals surface area contributed by atoms with E-state index in [9.17, 15) is 4.39 Å². The molecule has 0 fully saturated rings. The van der Waals surface area contributed by atoms with E-state index in [1.807, 2.05) is 4.31 Å². The zero-order valence-corrected chi connectivity index (χ0v) is 12.4. The SMILES string of the molecule is C#C[C@@]1(c2ccccc2F)C[S@@]2=NCCCCN2C(N)=N1. The molecule has 2 atom stereocenters. The Morgan fingerprint density at radius 1 is 1.38 bits per heavy atom. The molecule has 4 nitrogen and oxygen atoms in total. The van der Waals surface area contributed by atoms with Crippen molar-refractivity contribution in [3.63, 3.8) is 0 Å². The first-order valence-electron chi connectivity index (χ1n) is 6.90. The fourth-order valence-electron chi connectivity index (χ4n) is 2.61. The Hall–Kier alpha value is -1.87. The number of fused-ring (bicyclic) bond motifs is 1. The molecule has 0 aromatic heterocycles. The largest absolute Gasteiger partial charge is 0.369 e. The van der Waals surface area contributed by atoms with Crippen LogP contribution in [-0.4, -0.2) is 29.1 Å². The first kappa shape index (κ1) is 14.1. The number of hydrogen-bond donors (Lipinski definition) is 1. The quantitative estimate of drug-likeness (QED) is 0.804. The van der Waals surface area contributed by atoms with Gasteiger partial charge in [0.2, 0.25) is 5.96 Å². The Labute approximate surface area is 126 Å². The molecule has 0 spiro atoms. The van der Waals surface area contributed by atoms with E-state index in [1.165, 1.54) is 6.07 Å². The number of halogens is 1. The lowest BCUT2D eigenvalue weighted by Crippen LogP contribution is -2.50. The van der Waals surface area contributed by atoms with Crippen LogP contribution in [0, 0.1) is 18.2 Å². The number of benzene rings is 1. The first-order valence-corrected chi connectivity index (χ1v) is 8.21. The zero-order valence-electron chi connectivity index (χ0n) is 11.6. The van der Waals surface area contributed by atoms with E-state index in [-0.39, 0.29) is 5.82 Å². The Bertz CT molecular complexity index is 664. The summed E-state index contributed by atoms with van der Waals surface area (Å²) in [6.07, 6.45) is 7.80. The van der Waals surface area contributed by atoms with Gasteiger partial charge in [-0.05, 0) is 29.8 Å². The molecule has 110 valence electrons. The lowest BCUT2D eigenvalue weighted by atomic mass is 9.93. The van der Waals surface area contributed by atoms with Gasteiger partial charge in [0.25, 0.3) is 0 Å². The molecule has 6 heteroatoms. The van der Waals surface area contributed by atoms with Crippen LogP contribution in [0.5, 0.6) is 0 Å². The van der Waals surface area contributed by atoms with Crippen molar-refractivity contribution >= 4 is 16.8 Å². The van der Waals surface area contributed by atoms with Crippen molar-refractivity contribution in [3.05, 3.63) is 35.6 Å². The Morgan fingerprint density at radius 3 is 2.95 bits per heavy atom. The van der Waals surface area contributed by atoms with Crippen LogP contribution >= 0.6 is 0 Å². The summed E-state index contributed by atoms with van der Waals surface area (Å²) in [4.78, 5) is 4.48. The molecule has 1 aromatic carbocycles. The first-order chi connectivity index (χ1) is 10.2. The summed E-state index contributed by atoms with van der Waals surface area (Å²) in [5.74, 6) is 3.19. The summed E-state index contributed by atoms with van der Waals surface area (Å²) in [5.41, 5.74) is 5.45. The topological polar surface area (TPSA) is 54.0 Å². The third-order valence-electron chi connectivity index (χ3n) is 3.72. The molecule has 2 heterocycles. The summed E-state index contributed by atoms with van der Waals surface area (Å²) >= 11 is 0. The van der Waals surface area contributed by atoms with Gasteiger partial charge in [-0.3, -0.25) is 4.31 Å². The number of terminal acetylenes is 1. The van der Waals surface area contributed by atoms with Gasteiger partial charge in [0, 0.05) is 18.7 Å². The number of nitrogens with two attached hydrogens (primary N) is 1. The van der Waals surface area contributed by atoms with E-state index in [2.05, 4.69) is 15.3 Å². The van der Waals surface area contributed by atoms with Crippen LogP contribution < -0.4 is 5.73 Å². The highest BCUT2D eigenvalue weighted by Gasteiger charge is 2.40. The van der Waals surface area contributed by atoms with E-state index in [0.29, 0.717) is 17.3 Å². The summed E-state index contributed by atoms with van der Waals surface area (Å²) in [7, 11) is -0.435. The smallest absolute Gasteiger partial charge is 0.204 e. The number of hydrogen-bond acceptors (Lipinski definition) is 4.